The highest BCUT2D eigenvalue weighted by molar-refractivity contribution is 6.30. The molecule has 0 unspecified atom stereocenters. The van der Waals surface area contributed by atoms with Crippen molar-refractivity contribution in [3.05, 3.63) is 58.4 Å². The van der Waals surface area contributed by atoms with Crippen LogP contribution in [0.1, 0.15) is 47.7 Å². The van der Waals surface area contributed by atoms with Crippen molar-refractivity contribution in [2.75, 3.05) is 6.61 Å². The molecule has 2 aromatic rings. The number of benzene rings is 1. The predicted octanol–water partition coefficient (Wildman–Crippen LogP) is 4.71. The summed E-state index contributed by atoms with van der Waals surface area (Å²) < 4.78 is 5.04. The second-order valence-corrected chi connectivity index (χ2v) is 6.09. The van der Waals surface area contributed by atoms with Gasteiger partial charge in [0.15, 0.2) is 0 Å². The minimum atomic E-state index is -0.374. The van der Waals surface area contributed by atoms with Crippen molar-refractivity contribution in [2.24, 2.45) is 0 Å². The van der Waals surface area contributed by atoms with Gasteiger partial charge in [0.2, 0.25) is 0 Å². The van der Waals surface area contributed by atoms with Crippen LogP contribution >= 0.6 is 11.6 Å². The van der Waals surface area contributed by atoms with Crippen molar-refractivity contribution in [2.45, 2.75) is 26.2 Å². The molecule has 1 heterocycles. The van der Waals surface area contributed by atoms with E-state index >= 15 is 0 Å². The average Bonchev–Trinajstić information content (AvgIpc) is 3.04. The first-order valence-corrected chi connectivity index (χ1v) is 8.31. The first-order chi connectivity index (χ1) is 11.6. The Bertz CT molecular complexity index is 814. The molecule has 0 atom stereocenters. The topological polar surface area (TPSA) is 59.4 Å². The summed E-state index contributed by atoms with van der Waals surface area (Å²) in [5, 5.41) is 10.7. The lowest BCUT2D eigenvalue weighted by Gasteiger charge is -2.11. The molecule has 0 amide bonds. The van der Waals surface area contributed by atoms with E-state index in [0.717, 1.165) is 41.5 Å². The summed E-state index contributed by atoms with van der Waals surface area (Å²) >= 11 is 5.92. The number of carbonyl (C=O) groups excluding carboxylic acids is 1. The molecule has 5 heteroatoms. The molecule has 0 saturated heterocycles. The van der Waals surface area contributed by atoms with Crippen LogP contribution in [0, 0.1) is 0 Å². The van der Waals surface area contributed by atoms with E-state index in [-0.39, 0.29) is 11.7 Å². The molecule has 1 aromatic carbocycles. The van der Waals surface area contributed by atoms with Gasteiger partial charge in [0.1, 0.15) is 5.75 Å². The lowest BCUT2D eigenvalue weighted by Crippen LogP contribution is -2.05. The van der Waals surface area contributed by atoms with Crippen LogP contribution in [0.3, 0.4) is 0 Å². The van der Waals surface area contributed by atoms with E-state index in [2.05, 4.69) is 4.98 Å². The zero-order valence-corrected chi connectivity index (χ0v) is 14.1. The maximum atomic E-state index is 11.9. The molecule has 3 rings (SSSR count). The third-order valence-electron chi connectivity index (χ3n) is 4.10. The highest BCUT2D eigenvalue weighted by atomic mass is 35.5. The summed E-state index contributed by atoms with van der Waals surface area (Å²) in [5.74, 6) is -0.201. The normalized spacial score (nSPS) is 14.1. The van der Waals surface area contributed by atoms with Crippen molar-refractivity contribution in [1.82, 2.24) is 4.98 Å². The van der Waals surface area contributed by atoms with Gasteiger partial charge in [-0.3, -0.25) is 4.98 Å². The van der Waals surface area contributed by atoms with E-state index in [1.54, 1.807) is 31.3 Å². The van der Waals surface area contributed by atoms with Crippen molar-refractivity contribution in [3.8, 4) is 5.75 Å². The van der Waals surface area contributed by atoms with Crippen molar-refractivity contribution < 1.29 is 14.6 Å². The van der Waals surface area contributed by atoms with Gasteiger partial charge in [-0.2, -0.15) is 0 Å². The lowest BCUT2D eigenvalue weighted by atomic mass is 9.97. The number of ether oxygens (including phenoxy) is 1. The van der Waals surface area contributed by atoms with Crippen molar-refractivity contribution in [1.29, 1.82) is 0 Å². The number of rotatable bonds is 4. The molecule has 0 bridgehead atoms. The fourth-order valence-corrected chi connectivity index (χ4v) is 3.22. The minimum Gasteiger partial charge on any atom is -0.507 e. The number of aromatic nitrogens is 1. The fraction of sp³-hybridized carbons (Fsp3) is 0.263. The highest BCUT2D eigenvalue weighted by Crippen LogP contribution is 2.42. The Kier molecular flexibility index (Phi) is 4.86. The molecule has 24 heavy (non-hydrogen) atoms. The Labute approximate surface area is 145 Å². The third-order valence-corrected chi connectivity index (χ3v) is 4.34. The van der Waals surface area contributed by atoms with E-state index in [9.17, 15) is 9.90 Å². The quantitative estimate of drug-likeness (QED) is 0.816. The summed E-state index contributed by atoms with van der Waals surface area (Å²) in [7, 11) is 0. The molecule has 0 saturated carbocycles. The zero-order valence-electron chi connectivity index (χ0n) is 13.4. The second kappa shape index (κ2) is 7.05. The number of pyridine rings is 1. The van der Waals surface area contributed by atoms with Crippen LogP contribution in [0.5, 0.6) is 5.75 Å². The van der Waals surface area contributed by atoms with E-state index in [1.807, 2.05) is 6.07 Å². The molecule has 1 aliphatic rings. The van der Waals surface area contributed by atoms with Gasteiger partial charge in [0, 0.05) is 23.0 Å². The van der Waals surface area contributed by atoms with Crippen molar-refractivity contribution in [3.63, 3.8) is 0 Å². The molecular formula is C19H18ClNO3. The number of phenolic OH excluding ortho intramolecular Hbond substituents is 1. The number of halogens is 1. The maximum Gasteiger partial charge on any atom is 0.339 e. The minimum absolute atomic E-state index is 0.173. The van der Waals surface area contributed by atoms with Gasteiger partial charge in [-0.05, 0) is 67.2 Å². The van der Waals surface area contributed by atoms with Crippen LogP contribution in [0.25, 0.3) is 11.1 Å². The number of carbonyl (C=O) groups is 1. The van der Waals surface area contributed by atoms with Crippen molar-refractivity contribution >= 4 is 28.7 Å². The second-order valence-electron chi connectivity index (χ2n) is 5.65. The van der Waals surface area contributed by atoms with Gasteiger partial charge < -0.3 is 9.84 Å². The molecular weight excluding hydrogens is 326 g/mol. The standard InChI is InChI=1S/C19H18ClNO3/c1-2-24-19(23)13-8-12(10-21-11-13)15-4-3-5-16(15)17-7-6-14(20)9-18(17)22/h6-11,22H,2-5H2,1H3. The Hall–Kier alpha value is -2.33. The molecule has 1 aromatic heterocycles. The van der Waals surface area contributed by atoms with E-state index < -0.39 is 0 Å². The van der Waals surface area contributed by atoms with Crippen LogP contribution in [0.4, 0.5) is 0 Å². The van der Waals surface area contributed by atoms with Gasteiger partial charge in [0.05, 0.1) is 12.2 Å². The van der Waals surface area contributed by atoms with E-state index in [4.69, 9.17) is 16.3 Å². The van der Waals surface area contributed by atoms with Crippen LogP contribution in [0.15, 0.2) is 36.7 Å². The summed E-state index contributed by atoms with van der Waals surface area (Å²) in [4.78, 5) is 16.1. The summed E-state index contributed by atoms with van der Waals surface area (Å²) in [5.41, 5.74) is 4.29. The number of nitrogens with zero attached hydrogens (tertiary/aromatic N) is 1. The Balaban J connectivity index is 2.03. The maximum absolute atomic E-state index is 11.9. The number of aromatic hydroxyl groups is 1. The Morgan fingerprint density at radius 2 is 2.04 bits per heavy atom. The molecule has 0 spiro atoms. The van der Waals surface area contributed by atoms with E-state index in [0.29, 0.717) is 17.2 Å². The fourth-order valence-electron chi connectivity index (χ4n) is 3.05. The summed E-state index contributed by atoms with van der Waals surface area (Å²) in [6.07, 6.45) is 6.00. The number of phenols is 1. The van der Waals surface area contributed by atoms with Gasteiger partial charge in [-0.25, -0.2) is 4.79 Å². The van der Waals surface area contributed by atoms with Gasteiger partial charge in [-0.1, -0.05) is 11.6 Å². The monoisotopic (exact) mass is 343 g/mol. The summed E-state index contributed by atoms with van der Waals surface area (Å²) in [6.45, 7) is 2.10. The first-order valence-electron chi connectivity index (χ1n) is 7.93. The Morgan fingerprint density at radius 3 is 2.79 bits per heavy atom. The molecule has 0 fully saturated rings. The van der Waals surface area contributed by atoms with Gasteiger partial charge in [-0.15, -0.1) is 0 Å². The average molecular weight is 344 g/mol. The third kappa shape index (κ3) is 3.29. The van der Waals surface area contributed by atoms with Crippen LogP contribution < -0.4 is 0 Å². The predicted molar refractivity (Wildman–Crippen MR) is 94.0 cm³/mol. The largest absolute Gasteiger partial charge is 0.507 e. The smallest absolute Gasteiger partial charge is 0.339 e. The SMILES string of the molecule is CCOC(=O)c1cncc(C2=C(c3ccc(Cl)cc3O)CCC2)c1. The number of hydrogen-bond donors (Lipinski definition) is 1. The highest BCUT2D eigenvalue weighted by Gasteiger charge is 2.21. The molecule has 1 aliphatic carbocycles. The summed E-state index contributed by atoms with van der Waals surface area (Å²) in [6, 6.07) is 6.96. The molecule has 0 radical (unpaired) electrons. The van der Waals surface area contributed by atoms with E-state index in [1.165, 1.54) is 6.20 Å². The number of hydrogen-bond acceptors (Lipinski definition) is 4. The first kappa shape index (κ1) is 16.5. The van der Waals surface area contributed by atoms with Crippen LogP contribution in [0.2, 0.25) is 5.02 Å². The molecule has 0 aliphatic heterocycles. The Morgan fingerprint density at radius 1 is 1.25 bits per heavy atom. The number of allylic oxidation sites excluding steroid dienone is 2. The lowest BCUT2D eigenvalue weighted by molar-refractivity contribution is 0.0526. The zero-order chi connectivity index (χ0) is 17.1. The van der Waals surface area contributed by atoms with Crippen LogP contribution in [-0.4, -0.2) is 22.7 Å². The van der Waals surface area contributed by atoms with Gasteiger partial charge >= 0.3 is 5.97 Å². The number of esters is 1. The molecule has 4 nitrogen and oxygen atoms in total. The van der Waals surface area contributed by atoms with Gasteiger partial charge in [0.25, 0.3) is 0 Å². The molecule has 1 N–H and O–H groups in total. The molecule has 124 valence electrons. The van der Waals surface area contributed by atoms with Crippen LogP contribution in [-0.2, 0) is 4.74 Å².